The number of nitrogens with zero attached hydrogens (tertiary/aromatic N) is 2. The lowest BCUT2D eigenvalue weighted by molar-refractivity contribution is 0.0641. The van der Waals surface area contributed by atoms with Crippen molar-refractivity contribution in [2.75, 3.05) is 39.3 Å². The summed E-state index contributed by atoms with van der Waals surface area (Å²) in [7, 11) is 0. The molecule has 0 aromatic carbocycles. The summed E-state index contributed by atoms with van der Waals surface area (Å²) in [5, 5.41) is 18.1. The van der Waals surface area contributed by atoms with Gasteiger partial charge in [-0.25, -0.2) is 0 Å². The molecule has 1 aliphatic heterocycles. The van der Waals surface area contributed by atoms with E-state index in [0.717, 1.165) is 45.8 Å². The SMILES string of the molecule is OC(CN1CCNCC1)CN(Cc1ccsc1)C1CC1. The van der Waals surface area contributed by atoms with Gasteiger partial charge in [0.05, 0.1) is 6.10 Å². The number of aliphatic hydroxyl groups is 1. The first-order valence-corrected chi connectivity index (χ1v) is 8.62. The second-order valence-electron chi connectivity index (χ2n) is 6.00. The Morgan fingerprint density at radius 1 is 1.40 bits per heavy atom. The lowest BCUT2D eigenvalue weighted by atomic mass is 10.2. The van der Waals surface area contributed by atoms with Crippen molar-refractivity contribution in [2.24, 2.45) is 0 Å². The van der Waals surface area contributed by atoms with E-state index in [9.17, 15) is 5.11 Å². The number of hydrogen-bond acceptors (Lipinski definition) is 5. The van der Waals surface area contributed by atoms with Gasteiger partial charge in [-0.05, 0) is 35.2 Å². The minimum Gasteiger partial charge on any atom is -0.390 e. The molecule has 2 N–H and O–H groups in total. The fourth-order valence-electron chi connectivity index (χ4n) is 2.92. The summed E-state index contributed by atoms with van der Waals surface area (Å²) in [5.41, 5.74) is 1.39. The Morgan fingerprint density at radius 2 is 2.20 bits per heavy atom. The van der Waals surface area contributed by atoms with Crippen LogP contribution in [0.2, 0.25) is 0 Å². The van der Waals surface area contributed by atoms with E-state index in [1.54, 1.807) is 11.3 Å². The van der Waals surface area contributed by atoms with Crippen LogP contribution in [0.15, 0.2) is 16.8 Å². The molecule has 3 rings (SSSR count). The molecule has 5 heteroatoms. The van der Waals surface area contributed by atoms with Crippen LogP contribution in [0.4, 0.5) is 0 Å². The average molecular weight is 295 g/mol. The minimum atomic E-state index is -0.229. The summed E-state index contributed by atoms with van der Waals surface area (Å²) in [5.74, 6) is 0. The average Bonchev–Trinajstić information content (AvgIpc) is 3.18. The molecule has 1 unspecified atom stereocenters. The van der Waals surface area contributed by atoms with Crippen molar-refractivity contribution in [3.05, 3.63) is 22.4 Å². The molecule has 0 amide bonds. The van der Waals surface area contributed by atoms with Gasteiger partial charge in [0.15, 0.2) is 0 Å². The van der Waals surface area contributed by atoms with Crippen molar-refractivity contribution < 1.29 is 5.11 Å². The van der Waals surface area contributed by atoms with Gasteiger partial charge in [0, 0.05) is 51.9 Å². The Hall–Kier alpha value is -0.460. The lowest BCUT2D eigenvalue weighted by Crippen LogP contribution is -2.48. The molecular formula is C15H25N3OS. The number of piperazine rings is 1. The summed E-state index contributed by atoms with van der Waals surface area (Å²) in [6, 6.07) is 2.90. The highest BCUT2D eigenvalue weighted by Gasteiger charge is 2.30. The Balaban J connectivity index is 1.47. The molecule has 0 radical (unpaired) electrons. The fraction of sp³-hybridized carbons (Fsp3) is 0.733. The molecule has 1 aromatic heterocycles. The zero-order valence-corrected chi connectivity index (χ0v) is 12.8. The third-order valence-electron chi connectivity index (χ3n) is 4.15. The van der Waals surface area contributed by atoms with Crippen LogP contribution in [-0.4, -0.2) is 66.3 Å². The Labute approximate surface area is 125 Å². The van der Waals surface area contributed by atoms with Crippen LogP contribution in [0.1, 0.15) is 18.4 Å². The predicted octanol–water partition coefficient (Wildman–Crippen LogP) is 0.979. The van der Waals surface area contributed by atoms with Crippen molar-refractivity contribution in [3.63, 3.8) is 0 Å². The van der Waals surface area contributed by atoms with E-state index in [1.807, 2.05) is 0 Å². The number of nitrogens with one attached hydrogen (secondary N) is 1. The van der Waals surface area contributed by atoms with E-state index in [4.69, 9.17) is 0 Å². The Morgan fingerprint density at radius 3 is 2.85 bits per heavy atom. The van der Waals surface area contributed by atoms with Crippen LogP contribution < -0.4 is 5.32 Å². The molecule has 1 aromatic rings. The van der Waals surface area contributed by atoms with E-state index in [1.165, 1.54) is 18.4 Å². The molecule has 2 fully saturated rings. The molecule has 2 aliphatic rings. The maximum atomic E-state index is 10.4. The van der Waals surface area contributed by atoms with Crippen LogP contribution in [0.25, 0.3) is 0 Å². The van der Waals surface area contributed by atoms with Crippen LogP contribution >= 0.6 is 11.3 Å². The number of rotatable bonds is 7. The van der Waals surface area contributed by atoms with Gasteiger partial charge in [-0.3, -0.25) is 9.80 Å². The number of β-amino-alcohol motifs (C(OH)–C–C–N with tert-alkyl or cyclic N) is 1. The van der Waals surface area contributed by atoms with Crippen LogP contribution in [-0.2, 0) is 6.54 Å². The molecule has 20 heavy (non-hydrogen) atoms. The van der Waals surface area contributed by atoms with Crippen LogP contribution in [0.5, 0.6) is 0 Å². The normalized spacial score (nSPS) is 22.3. The minimum absolute atomic E-state index is 0.229. The van der Waals surface area contributed by atoms with Crippen molar-refractivity contribution in [3.8, 4) is 0 Å². The van der Waals surface area contributed by atoms with E-state index in [-0.39, 0.29) is 6.10 Å². The highest BCUT2D eigenvalue weighted by Crippen LogP contribution is 2.28. The van der Waals surface area contributed by atoms with E-state index >= 15 is 0 Å². The smallest absolute Gasteiger partial charge is 0.0794 e. The van der Waals surface area contributed by atoms with Gasteiger partial charge in [0.2, 0.25) is 0 Å². The van der Waals surface area contributed by atoms with E-state index in [2.05, 4.69) is 31.9 Å². The van der Waals surface area contributed by atoms with Gasteiger partial charge < -0.3 is 10.4 Å². The third-order valence-corrected chi connectivity index (χ3v) is 4.88. The van der Waals surface area contributed by atoms with Crippen molar-refractivity contribution in [1.29, 1.82) is 0 Å². The van der Waals surface area contributed by atoms with Crippen LogP contribution in [0, 0.1) is 0 Å². The molecule has 0 bridgehead atoms. The summed E-state index contributed by atoms with van der Waals surface area (Å²) in [4.78, 5) is 4.84. The lowest BCUT2D eigenvalue weighted by Gasteiger charge is -2.31. The maximum absolute atomic E-state index is 10.4. The van der Waals surface area contributed by atoms with Gasteiger partial charge in [-0.2, -0.15) is 11.3 Å². The Bertz CT molecular complexity index is 388. The Kier molecular flexibility index (Phi) is 5.07. The van der Waals surface area contributed by atoms with E-state index in [0.29, 0.717) is 6.04 Å². The fourth-order valence-corrected chi connectivity index (χ4v) is 3.58. The first kappa shape index (κ1) is 14.5. The van der Waals surface area contributed by atoms with Crippen molar-refractivity contribution in [2.45, 2.75) is 31.5 Å². The summed E-state index contributed by atoms with van der Waals surface area (Å²) >= 11 is 1.76. The maximum Gasteiger partial charge on any atom is 0.0794 e. The zero-order valence-electron chi connectivity index (χ0n) is 12.0. The first-order chi connectivity index (χ1) is 9.81. The quantitative estimate of drug-likeness (QED) is 0.786. The molecule has 112 valence electrons. The molecular weight excluding hydrogens is 270 g/mol. The molecule has 1 saturated heterocycles. The molecule has 0 spiro atoms. The third kappa shape index (κ3) is 4.27. The van der Waals surface area contributed by atoms with Gasteiger partial charge in [0.25, 0.3) is 0 Å². The topological polar surface area (TPSA) is 38.7 Å². The van der Waals surface area contributed by atoms with Crippen molar-refractivity contribution >= 4 is 11.3 Å². The molecule has 1 atom stereocenters. The molecule has 1 saturated carbocycles. The largest absolute Gasteiger partial charge is 0.390 e. The second kappa shape index (κ2) is 7.00. The molecule has 4 nitrogen and oxygen atoms in total. The highest BCUT2D eigenvalue weighted by atomic mass is 32.1. The predicted molar refractivity (Wildman–Crippen MR) is 83.1 cm³/mol. The first-order valence-electron chi connectivity index (χ1n) is 7.67. The molecule has 2 heterocycles. The van der Waals surface area contributed by atoms with Crippen molar-refractivity contribution in [1.82, 2.24) is 15.1 Å². The zero-order chi connectivity index (χ0) is 13.8. The number of thiophene rings is 1. The summed E-state index contributed by atoms with van der Waals surface area (Å²) in [6.07, 6.45) is 2.36. The number of hydrogen-bond donors (Lipinski definition) is 2. The van der Waals surface area contributed by atoms with Crippen LogP contribution in [0.3, 0.4) is 0 Å². The van der Waals surface area contributed by atoms with Gasteiger partial charge in [-0.15, -0.1) is 0 Å². The standard InChI is InChI=1S/C15H25N3OS/c19-15(10-17-6-4-16-5-7-17)11-18(14-1-2-14)9-13-3-8-20-12-13/h3,8,12,14-16,19H,1-2,4-7,9-11H2. The van der Waals surface area contributed by atoms with Gasteiger partial charge >= 0.3 is 0 Å². The molecule has 1 aliphatic carbocycles. The van der Waals surface area contributed by atoms with Gasteiger partial charge in [-0.1, -0.05) is 0 Å². The van der Waals surface area contributed by atoms with Gasteiger partial charge in [0.1, 0.15) is 0 Å². The highest BCUT2D eigenvalue weighted by molar-refractivity contribution is 7.07. The second-order valence-corrected chi connectivity index (χ2v) is 6.78. The number of aliphatic hydroxyl groups excluding tert-OH is 1. The summed E-state index contributed by atoms with van der Waals surface area (Å²) in [6.45, 7) is 6.84. The summed E-state index contributed by atoms with van der Waals surface area (Å²) < 4.78 is 0. The monoisotopic (exact) mass is 295 g/mol. The van der Waals surface area contributed by atoms with E-state index < -0.39 is 0 Å².